The van der Waals surface area contributed by atoms with Gasteiger partial charge >= 0.3 is 0 Å². The van der Waals surface area contributed by atoms with Crippen LogP contribution in [0.4, 0.5) is 19.0 Å². The minimum absolute atomic E-state index is 0.0424. The van der Waals surface area contributed by atoms with E-state index in [1.807, 2.05) is 6.07 Å². The van der Waals surface area contributed by atoms with Crippen LogP contribution in [0.3, 0.4) is 0 Å². The smallest absolute Gasteiger partial charge is 0.149 e. The Bertz CT molecular complexity index is 941. The number of halogens is 3. The Morgan fingerprint density at radius 1 is 1.04 bits per heavy atom. The third kappa shape index (κ3) is 2.51. The Kier molecular flexibility index (Phi) is 3.50. The summed E-state index contributed by atoms with van der Waals surface area (Å²) in [5.74, 6) is -2.11. The fourth-order valence-electron chi connectivity index (χ4n) is 2.21. The first-order chi connectivity index (χ1) is 11.0. The van der Waals surface area contributed by atoms with E-state index in [0.717, 1.165) is 22.9 Å². The third-order valence-corrected chi connectivity index (χ3v) is 3.27. The lowest BCUT2D eigenvalue weighted by molar-refractivity contribution is 0.588. The topological polar surface area (TPSA) is 67.6 Å². The number of hydrogen-bond donors (Lipinski definition) is 1. The Morgan fingerprint density at radius 3 is 2.48 bits per heavy atom. The number of aromatic nitrogens is 2. The summed E-state index contributed by atoms with van der Waals surface area (Å²) in [4.78, 5) is 0. The van der Waals surface area contributed by atoms with E-state index in [-0.39, 0.29) is 22.8 Å². The van der Waals surface area contributed by atoms with Crippen molar-refractivity contribution in [3.8, 4) is 23.0 Å². The van der Waals surface area contributed by atoms with Crippen LogP contribution < -0.4 is 5.73 Å². The van der Waals surface area contributed by atoms with Crippen molar-refractivity contribution < 1.29 is 13.2 Å². The number of nitrogens with zero attached hydrogens (tertiary/aromatic N) is 3. The molecule has 4 nitrogen and oxygen atoms in total. The minimum atomic E-state index is -0.754. The van der Waals surface area contributed by atoms with Crippen molar-refractivity contribution in [1.29, 1.82) is 5.26 Å². The molecule has 0 fully saturated rings. The van der Waals surface area contributed by atoms with E-state index in [1.165, 1.54) is 24.3 Å². The van der Waals surface area contributed by atoms with E-state index in [0.29, 0.717) is 5.56 Å². The average Bonchev–Trinajstić information content (AvgIpc) is 2.86. The van der Waals surface area contributed by atoms with Gasteiger partial charge in [0.1, 0.15) is 46.3 Å². The van der Waals surface area contributed by atoms with E-state index >= 15 is 0 Å². The zero-order chi connectivity index (χ0) is 16.6. The fraction of sp³-hybridized carbons (Fsp3) is 0. The molecule has 0 radical (unpaired) electrons. The van der Waals surface area contributed by atoms with Gasteiger partial charge in [-0.25, -0.2) is 17.9 Å². The summed E-state index contributed by atoms with van der Waals surface area (Å²) < 4.78 is 41.6. The van der Waals surface area contributed by atoms with E-state index in [2.05, 4.69) is 5.10 Å². The van der Waals surface area contributed by atoms with Gasteiger partial charge in [0.25, 0.3) is 0 Å². The van der Waals surface area contributed by atoms with Crippen molar-refractivity contribution in [2.45, 2.75) is 0 Å². The van der Waals surface area contributed by atoms with E-state index in [4.69, 9.17) is 5.73 Å². The van der Waals surface area contributed by atoms with Crippen molar-refractivity contribution in [1.82, 2.24) is 9.78 Å². The van der Waals surface area contributed by atoms with Gasteiger partial charge in [0.05, 0.1) is 0 Å². The zero-order valence-electron chi connectivity index (χ0n) is 11.6. The Balaban J connectivity index is 2.26. The largest absolute Gasteiger partial charge is 0.382 e. The molecule has 23 heavy (non-hydrogen) atoms. The molecular formula is C16H9F3N4. The normalized spacial score (nSPS) is 10.5. The number of nitriles is 1. The second-order valence-corrected chi connectivity index (χ2v) is 4.74. The minimum Gasteiger partial charge on any atom is -0.382 e. The van der Waals surface area contributed by atoms with Gasteiger partial charge in [-0.2, -0.15) is 10.4 Å². The Morgan fingerprint density at radius 2 is 1.78 bits per heavy atom. The number of benzene rings is 2. The molecule has 0 atom stereocenters. The van der Waals surface area contributed by atoms with Crippen LogP contribution in [0.2, 0.25) is 0 Å². The van der Waals surface area contributed by atoms with Crippen LogP contribution >= 0.6 is 0 Å². The molecule has 0 aliphatic carbocycles. The number of hydrogen-bond acceptors (Lipinski definition) is 3. The van der Waals surface area contributed by atoms with Gasteiger partial charge in [-0.3, -0.25) is 0 Å². The standard InChI is InChI=1S/C16H9F3N4/c17-10-3-1-2-9(6-10)15-12(8-20)16(21)23(22-15)14-7-11(18)4-5-13(14)19/h1-7H,21H2. The average molecular weight is 314 g/mol. The van der Waals surface area contributed by atoms with Crippen LogP contribution in [0.5, 0.6) is 0 Å². The maximum Gasteiger partial charge on any atom is 0.149 e. The summed E-state index contributed by atoms with van der Waals surface area (Å²) in [5, 5.41) is 13.3. The fourth-order valence-corrected chi connectivity index (χ4v) is 2.21. The lowest BCUT2D eigenvalue weighted by atomic mass is 10.1. The molecule has 1 aromatic heterocycles. The molecular weight excluding hydrogens is 305 g/mol. The maximum atomic E-state index is 13.9. The number of nitrogen functional groups attached to an aromatic ring is 1. The molecule has 3 aromatic rings. The summed E-state index contributed by atoms with van der Waals surface area (Å²) in [6.45, 7) is 0. The summed E-state index contributed by atoms with van der Waals surface area (Å²) in [6, 6.07) is 10.1. The summed E-state index contributed by atoms with van der Waals surface area (Å²) in [5.41, 5.74) is 5.96. The molecule has 2 aromatic carbocycles. The predicted octanol–water partition coefficient (Wildman–Crippen LogP) is 3.41. The molecule has 0 spiro atoms. The van der Waals surface area contributed by atoms with Gasteiger partial charge in [-0.15, -0.1) is 0 Å². The number of anilines is 1. The lowest BCUT2D eigenvalue weighted by Crippen LogP contribution is -2.05. The van der Waals surface area contributed by atoms with Gasteiger partial charge < -0.3 is 5.73 Å². The molecule has 0 bridgehead atoms. The van der Waals surface area contributed by atoms with E-state index in [1.54, 1.807) is 0 Å². The Labute approximate surface area is 129 Å². The third-order valence-electron chi connectivity index (χ3n) is 3.27. The molecule has 0 aliphatic rings. The number of rotatable bonds is 2. The van der Waals surface area contributed by atoms with Crippen LogP contribution in [-0.2, 0) is 0 Å². The van der Waals surface area contributed by atoms with Crippen molar-refractivity contribution in [2.75, 3.05) is 5.73 Å². The summed E-state index contributed by atoms with van der Waals surface area (Å²) in [6.07, 6.45) is 0. The molecule has 1 heterocycles. The van der Waals surface area contributed by atoms with Crippen molar-refractivity contribution in [2.24, 2.45) is 0 Å². The molecule has 0 saturated heterocycles. The molecule has 0 unspecified atom stereocenters. The summed E-state index contributed by atoms with van der Waals surface area (Å²) in [7, 11) is 0. The first-order valence-corrected chi connectivity index (χ1v) is 6.51. The van der Waals surface area contributed by atoms with Crippen LogP contribution in [0, 0.1) is 28.8 Å². The van der Waals surface area contributed by atoms with Gasteiger partial charge in [-0.1, -0.05) is 12.1 Å². The van der Waals surface area contributed by atoms with Gasteiger partial charge in [0, 0.05) is 11.6 Å². The van der Waals surface area contributed by atoms with Gasteiger partial charge in [0.2, 0.25) is 0 Å². The SMILES string of the molecule is N#Cc1c(-c2cccc(F)c2)nn(-c2cc(F)ccc2F)c1N. The van der Waals surface area contributed by atoms with Crippen LogP contribution in [0.25, 0.3) is 16.9 Å². The Hall–Kier alpha value is -3.27. The monoisotopic (exact) mass is 314 g/mol. The second-order valence-electron chi connectivity index (χ2n) is 4.74. The van der Waals surface area contributed by atoms with Crippen LogP contribution in [-0.4, -0.2) is 9.78 Å². The molecule has 3 rings (SSSR count). The first kappa shape index (κ1) is 14.7. The van der Waals surface area contributed by atoms with Crippen LogP contribution in [0.15, 0.2) is 42.5 Å². The van der Waals surface area contributed by atoms with Crippen LogP contribution in [0.1, 0.15) is 5.56 Å². The lowest BCUT2D eigenvalue weighted by Gasteiger charge is -2.05. The molecule has 7 heteroatoms. The highest BCUT2D eigenvalue weighted by atomic mass is 19.1. The predicted molar refractivity (Wildman–Crippen MR) is 78.0 cm³/mol. The first-order valence-electron chi connectivity index (χ1n) is 6.51. The number of nitrogens with two attached hydrogens (primary N) is 1. The summed E-state index contributed by atoms with van der Waals surface area (Å²) >= 11 is 0. The highest BCUT2D eigenvalue weighted by Gasteiger charge is 2.20. The highest BCUT2D eigenvalue weighted by Crippen LogP contribution is 2.29. The van der Waals surface area contributed by atoms with Gasteiger partial charge in [-0.05, 0) is 24.3 Å². The van der Waals surface area contributed by atoms with Crippen molar-refractivity contribution in [3.05, 3.63) is 65.5 Å². The van der Waals surface area contributed by atoms with E-state index in [9.17, 15) is 18.4 Å². The van der Waals surface area contributed by atoms with E-state index < -0.39 is 17.5 Å². The molecule has 0 aliphatic heterocycles. The second kappa shape index (κ2) is 5.50. The van der Waals surface area contributed by atoms with Crippen molar-refractivity contribution in [3.63, 3.8) is 0 Å². The molecule has 0 saturated carbocycles. The molecule has 114 valence electrons. The zero-order valence-corrected chi connectivity index (χ0v) is 11.6. The molecule has 0 amide bonds. The highest BCUT2D eigenvalue weighted by molar-refractivity contribution is 5.73. The van der Waals surface area contributed by atoms with Crippen molar-refractivity contribution >= 4 is 5.82 Å². The quantitative estimate of drug-likeness (QED) is 0.788. The van der Waals surface area contributed by atoms with Gasteiger partial charge in [0.15, 0.2) is 0 Å². The molecule has 2 N–H and O–H groups in total. The maximum absolute atomic E-state index is 13.9.